The summed E-state index contributed by atoms with van der Waals surface area (Å²) in [6.07, 6.45) is 1.09. The molecule has 2 rings (SSSR count). The van der Waals surface area contributed by atoms with Crippen molar-refractivity contribution in [3.05, 3.63) is 33.4 Å². The Morgan fingerprint density at radius 3 is 2.39 bits per heavy atom. The van der Waals surface area contributed by atoms with E-state index in [1.165, 1.54) is 0 Å². The smallest absolute Gasteiger partial charge is 0.306 e. The van der Waals surface area contributed by atoms with E-state index in [2.05, 4.69) is 22.6 Å². The second-order valence-corrected chi connectivity index (χ2v) is 5.55. The number of nitrogens with zero attached hydrogens (tertiary/aromatic N) is 1. The Hall–Kier alpha value is -1.11. The minimum atomic E-state index is -0.753. The molecule has 4 nitrogen and oxygen atoms in total. The monoisotopic (exact) mass is 359 g/mol. The van der Waals surface area contributed by atoms with E-state index >= 15 is 0 Å². The number of aliphatic carboxylic acids is 1. The molecule has 1 N–H and O–H groups in total. The zero-order valence-corrected chi connectivity index (χ0v) is 12.0. The van der Waals surface area contributed by atoms with Crippen LogP contribution in [0.1, 0.15) is 23.2 Å². The van der Waals surface area contributed by atoms with Crippen molar-refractivity contribution in [3.63, 3.8) is 0 Å². The van der Waals surface area contributed by atoms with E-state index in [1.807, 2.05) is 24.3 Å². The van der Waals surface area contributed by atoms with Crippen molar-refractivity contribution in [2.24, 2.45) is 5.92 Å². The quantitative estimate of drug-likeness (QED) is 0.824. The van der Waals surface area contributed by atoms with Crippen LogP contribution < -0.4 is 0 Å². The number of amides is 1. The van der Waals surface area contributed by atoms with E-state index in [-0.39, 0.29) is 11.8 Å². The number of carboxylic acid groups (broad SMARTS) is 1. The first-order valence-corrected chi connectivity index (χ1v) is 6.94. The molecular formula is C13H14INO3. The third-order valence-electron chi connectivity index (χ3n) is 3.24. The number of carbonyl (C=O) groups is 2. The Morgan fingerprint density at radius 2 is 1.83 bits per heavy atom. The third-order valence-corrected chi connectivity index (χ3v) is 4.18. The van der Waals surface area contributed by atoms with Crippen LogP contribution in [0.5, 0.6) is 0 Å². The molecule has 5 heteroatoms. The van der Waals surface area contributed by atoms with Crippen LogP contribution in [0, 0.1) is 9.49 Å². The fourth-order valence-corrected chi connectivity index (χ4v) is 2.75. The minimum Gasteiger partial charge on any atom is -0.481 e. The van der Waals surface area contributed by atoms with Crippen LogP contribution in [0.25, 0.3) is 0 Å². The molecule has 1 saturated heterocycles. The summed E-state index contributed by atoms with van der Waals surface area (Å²) in [6.45, 7) is 1.06. The topological polar surface area (TPSA) is 57.6 Å². The van der Waals surface area contributed by atoms with Crippen molar-refractivity contribution in [2.75, 3.05) is 13.1 Å². The molecular weight excluding hydrogens is 345 g/mol. The zero-order chi connectivity index (χ0) is 13.1. The number of piperidine rings is 1. The van der Waals surface area contributed by atoms with Gasteiger partial charge in [0.15, 0.2) is 0 Å². The van der Waals surface area contributed by atoms with Crippen molar-refractivity contribution in [3.8, 4) is 0 Å². The number of hydrogen-bond acceptors (Lipinski definition) is 2. The normalized spacial score (nSPS) is 16.6. The van der Waals surface area contributed by atoms with Crippen molar-refractivity contribution in [2.45, 2.75) is 12.8 Å². The number of rotatable bonds is 2. The Labute approximate surface area is 119 Å². The molecule has 96 valence electrons. The number of carboxylic acids is 1. The summed E-state index contributed by atoms with van der Waals surface area (Å²) in [5.74, 6) is -1.05. The number of halogens is 1. The molecule has 0 aromatic heterocycles. The molecule has 1 aromatic carbocycles. The molecule has 1 fully saturated rings. The second-order valence-electron chi connectivity index (χ2n) is 4.38. The highest BCUT2D eigenvalue weighted by Gasteiger charge is 2.27. The van der Waals surface area contributed by atoms with E-state index in [0.29, 0.717) is 31.5 Å². The van der Waals surface area contributed by atoms with Crippen molar-refractivity contribution in [1.29, 1.82) is 0 Å². The molecule has 1 aliphatic rings. The molecule has 0 bridgehead atoms. The van der Waals surface area contributed by atoms with Crippen LogP contribution in [-0.4, -0.2) is 35.0 Å². The SMILES string of the molecule is O=C(O)C1CCN(C(=O)c2ccccc2I)CC1. The second kappa shape index (κ2) is 5.69. The zero-order valence-electron chi connectivity index (χ0n) is 9.80. The first kappa shape index (κ1) is 13.3. The number of carbonyl (C=O) groups excluding carboxylic acids is 1. The Balaban J connectivity index is 2.04. The summed E-state index contributed by atoms with van der Waals surface area (Å²) in [5.41, 5.74) is 0.701. The van der Waals surface area contributed by atoms with E-state index < -0.39 is 5.97 Å². The van der Waals surface area contributed by atoms with Gasteiger partial charge in [0.2, 0.25) is 0 Å². The van der Waals surface area contributed by atoms with Gasteiger partial charge in [-0.05, 0) is 47.6 Å². The van der Waals surface area contributed by atoms with Gasteiger partial charge in [-0.3, -0.25) is 9.59 Å². The molecule has 0 atom stereocenters. The van der Waals surface area contributed by atoms with Crippen molar-refractivity contribution < 1.29 is 14.7 Å². The summed E-state index contributed by atoms with van der Waals surface area (Å²) in [6, 6.07) is 7.46. The van der Waals surface area contributed by atoms with Crippen LogP contribution in [-0.2, 0) is 4.79 Å². The lowest BCUT2D eigenvalue weighted by molar-refractivity contribution is -0.143. The summed E-state index contributed by atoms with van der Waals surface area (Å²) in [4.78, 5) is 24.9. The molecule has 1 aromatic rings. The average molecular weight is 359 g/mol. The summed E-state index contributed by atoms with van der Waals surface area (Å²) >= 11 is 2.14. The van der Waals surface area contributed by atoms with Crippen LogP contribution in [0.2, 0.25) is 0 Å². The van der Waals surface area contributed by atoms with E-state index in [9.17, 15) is 9.59 Å². The maximum absolute atomic E-state index is 12.3. The van der Waals surface area contributed by atoms with Gasteiger partial charge in [-0.1, -0.05) is 12.1 Å². The fraction of sp³-hybridized carbons (Fsp3) is 0.385. The number of hydrogen-bond donors (Lipinski definition) is 1. The Kier molecular flexibility index (Phi) is 4.21. The summed E-state index contributed by atoms with van der Waals surface area (Å²) < 4.78 is 0.931. The fourth-order valence-electron chi connectivity index (χ4n) is 2.13. The molecule has 18 heavy (non-hydrogen) atoms. The largest absolute Gasteiger partial charge is 0.481 e. The van der Waals surface area contributed by atoms with E-state index in [0.717, 1.165) is 3.57 Å². The van der Waals surface area contributed by atoms with Gasteiger partial charge >= 0.3 is 5.97 Å². The van der Waals surface area contributed by atoms with Gasteiger partial charge in [-0.25, -0.2) is 0 Å². The molecule has 1 heterocycles. The lowest BCUT2D eigenvalue weighted by atomic mass is 9.96. The maximum Gasteiger partial charge on any atom is 0.306 e. The first-order valence-electron chi connectivity index (χ1n) is 5.86. The van der Waals surface area contributed by atoms with Gasteiger partial charge in [0.1, 0.15) is 0 Å². The highest BCUT2D eigenvalue weighted by molar-refractivity contribution is 14.1. The molecule has 1 aliphatic heterocycles. The highest BCUT2D eigenvalue weighted by Crippen LogP contribution is 2.21. The van der Waals surface area contributed by atoms with E-state index in [4.69, 9.17) is 5.11 Å². The Bertz CT molecular complexity index is 467. The van der Waals surface area contributed by atoms with Gasteiger partial charge in [-0.2, -0.15) is 0 Å². The van der Waals surface area contributed by atoms with Crippen LogP contribution in [0.3, 0.4) is 0 Å². The number of likely N-dealkylation sites (tertiary alicyclic amines) is 1. The number of benzene rings is 1. The van der Waals surface area contributed by atoms with Crippen LogP contribution >= 0.6 is 22.6 Å². The average Bonchev–Trinajstić information content (AvgIpc) is 2.38. The Morgan fingerprint density at radius 1 is 1.22 bits per heavy atom. The molecule has 0 radical (unpaired) electrons. The van der Waals surface area contributed by atoms with E-state index in [1.54, 1.807) is 4.90 Å². The summed E-state index contributed by atoms with van der Waals surface area (Å²) in [7, 11) is 0. The third kappa shape index (κ3) is 2.82. The minimum absolute atomic E-state index is 0.00355. The van der Waals surface area contributed by atoms with Gasteiger partial charge in [0, 0.05) is 16.7 Å². The lowest BCUT2D eigenvalue weighted by Crippen LogP contribution is -2.40. The highest BCUT2D eigenvalue weighted by atomic mass is 127. The van der Waals surface area contributed by atoms with Gasteiger partial charge in [0.25, 0.3) is 5.91 Å². The van der Waals surface area contributed by atoms with Crippen LogP contribution in [0.4, 0.5) is 0 Å². The lowest BCUT2D eigenvalue weighted by Gasteiger charge is -2.30. The van der Waals surface area contributed by atoms with Gasteiger partial charge in [-0.15, -0.1) is 0 Å². The van der Waals surface area contributed by atoms with Crippen molar-refractivity contribution in [1.82, 2.24) is 4.90 Å². The summed E-state index contributed by atoms with van der Waals surface area (Å²) in [5, 5.41) is 8.92. The first-order chi connectivity index (χ1) is 8.59. The molecule has 1 amide bonds. The standard InChI is InChI=1S/C13H14INO3/c14-11-4-2-1-3-10(11)12(16)15-7-5-9(6-8-15)13(17)18/h1-4,9H,5-8H2,(H,17,18). The maximum atomic E-state index is 12.3. The predicted octanol–water partition coefficient (Wildman–Crippen LogP) is 2.23. The molecule has 0 aliphatic carbocycles. The predicted molar refractivity (Wildman–Crippen MR) is 75.4 cm³/mol. The van der Waals surface area contributed by atoms with Crippen molar-refractivity contribution >= 4 is 34.5 Å². The van der Waals surface area contributed by atoms with Gasteiger partial charge in [0.05, 0.1) is 11.5 Å². The molecule has 0 spiro atoms. The van der Waals surface area contributed by atoms with Crippen LogP contribution in [0.15, 0.2) is 24.3 Å². The molecule has 0 unspecified atom stereocenters. The molecule has 0 saturated carbocycles. The van der Waals surface area contributed by atoms with Gasteiger partial charge < -0.3 is 10.0 Å².